The van der Waals surface area contributed by atoms with Crippen LogP contribution in [0.25, 0.3) is 0 Å². The number of amides is 2. The van der Waals surface area contributed by atoms with Gasteiger partial charge in [-0.25, -0.2) is 0 Å². The quantitative estimate of drug-likeness (QED) is 0.676. The van der Waals surface area contributed by atoms with Crippen molar-refractivity contribution in [3.63, 3.8) is 0 Å². The summed E-state index contributed by atoms with van der Waals surface area (Å²) in [4.78, 5) is 25.1. The van der Waals surface area contributed by atoms with Crippen LogP contribution in [0.5, 0.6) is 0 Å². The van der Waals surface area contributed by atoms with Gasteiger partial charge < -0.3 is 10.6 Å². The molecular weight excluding hydrogens is 348 g/mol. The van der Waals surface area contributed by atoms with Gasteiger partial charge in [0.05, 0.1) is 0 Å². The van der Waals surface area contributed by atoms with Gasteiger partial charge in [0.25, 0.3) is 11.8 Å². The molecule has 0 aliphatic carbocycles. The summed E-state index contributed by atoms with van der Waals surface area (Å²) in [7, 11) is 0. The second-order valence-corrected chi connectivity index (χ2v) is 6.97. The van der Waals surface area contributed by atoms with E-state index >= 15 is 0 Å². The molecule has 4 nitrogen and oxygen atoms in total. The molecule has 0 saturated heterocycles. The normalized spacial score (nSPS) is 10.4. The Hall–Kier alpha value is -3.40. The molecule has 3 aromatic rings. The number of nitrogens with one attached hydrogen (secondary N) is 2. The van der Waals surface area contributed by atoms with Gasteiger partial charge in [0, 0.05) is 23.4 Å². The fourth-order valence-corrected chi connectivity index (χ4v) is 2.99. The Bertz CT molecular complexity index is 987. The van der Waals surface area contributed by atoms with E-state index in [1.165, 1.54) is 5.56 Å². The first-order valence-electron chi connectivity index (χ1n) is 9.25. The molecule has 2 amide bonds. The molecule has 142 valence electrons. The summed E-state index contributed by atoms with van der Waals surface area (Å²) in [5, 5.41) is 5.85. The highest BCUT2D eigenvalue weighted by Gasteiger charge is 2.12. The first-order chi connectivity index (χ1) is 13.4. The first kappa shape index (κ1) is 19.4. The molecule has 0 aliphatic heterocycles. The Morgan fingerprint density at radius 3 is 1.96 bits per heavy atom. The first-order valence-corrected chi connectivity index (χ1v) is 9.25. The van der Waals surface area contributed by atoms with Crippen LogP contribution >= 0.6 is 0 Å². The number of rotatable bonds is 5. The van der Waals surface area contributed by atoms with Crippen molar-refractivity contribution in [2.75, 3.05) is 5.32 Å². The number of carbonyl (C=O) groups excluding carboxylic acids is 2. The van der Waals surface area contributed by atoms with Crippen molar-refractivity contribution >= 4 is 17.5 Å². The van der Waals surface area contributed by atoms with Crippen LogP contribution in [0.3, 0.4) is 0 Å². The van der Waals surface area contributed by atoms with Gasteiger partial charge in [-0.1, -0.05) is 54.1 Å². The second kappa shape index (κ2) is 8.53. The van der Waals surface area contributed by atoms with E-state index < -0.39 is 0 Å². The topological polar surface area (TPSA) is 58.2 Å². The zero-order valence-electron chi connectivity index (χ0n) is 16.4. The van der Waals surface area contributed by atoms with Crippen molar-refractivity contribution in [1.82, 2.24) is 5.32 Å². The summed E-state index contributed by atoms with van der Waals surface area (Å²) in [6, 6.07) is 20.6. The number of para-hydroxylation sites is 1. The summed E-state index contributed by atoms with van der Waals surface area (Å²) in [5.74, 6) is -0.437. The fourth-order valence-electron chi connectivity index (χ4n) is 2.99. The van der Waals surface area contributed by atoms with Crippen LogP contribution in [-0.2, 0) is 6.54 Å². The van der Waals surface area contributed by atoms with Crippen molar-refractivity contribution in [1.29, 1.82) is 0 Å². The molecule has 0 aliphatic rings. The molecule has 0 bridgehead atoms. The molecule has 3 rings (SSSR count). The highest BCUT2D eigenvalue weighted by molar-refractivity contribution is 6.06. The molecule has 0 unspecified atom stereocenters. The summed E-state index contributed by atoms with van der Waals surface area (Å²) < 4.78 is 0. The van der Waals surface area contributed by atoms with Crippen molar-refractivity contribution in [3.05, 3.63) is 100 Å². The monoisotopic (exact) mass is 372 g/mol. The van der Waals surface area contributed by atoms with Crippen LogP contribution in [-0.4, -0.2) is 11.8 Å². The molecule has 28 heavy (non-hydrogen) atoms. The second-order valence-electron chi connectivity index (χ2n) is 6.97. The minimum Gasteiger partial charge on any atom is -0.348 e. The molecule has 2 N–H and O–H groups in total. The highest BCUT2D eigenvalue weighted by atomic mass is 16.2. The van der Waals surface area contributed by atoms with E-state index in [1.54, 1.807) is 24.3 Å². The van der Waals surface area contributed by atoms with Gasteiger partial charge in [-0.05, 0) is 55.7 Å². The molecule has 0 aromatic heterocycles. The predicted octanol–water partition coefficient (Wildman–Crippen LogP) is 4.79. The summed E-state index contributed by atoms with van der Waals surface area (Å²) in [5.41, 5.74) is 5.93. The van der Waals surface area contributed by atoms with E-state index in [-0.39, 0.29) is 11.8 Å². The number of hydrogen-bond donors (Lipinski definition) is 2. The van der Waals surface area contributed by atoms with Crippen LogP contribution in [0.2, 0.25) is 0 Å². The van der Waals surface area contributed by atoms with Gasteiger partial charge in [-0.15, -0.1) is 0 Å². The zero-order chi connectivity index (χ0) is 20.1. The minimum absolute atomic E-state index is 0.206. The molecular formula is C24H24N2O2. The number of benzene rings is 3. The molecule has 4 heteroatoms. The van der Waals surface area contributed by atoms with Crippen molar-refractivity contribution in [2.45, 2.75) is 27.3 Å². The van der Waals surface area contributed by atoms with Crippen LogP contribution < -0.4 is 10.6 Å². The SMILES string of the molecule is Cc1ccc(CNC(=O)c2cccc(C(=O)Nc3c(C)cccc3C)c2)cc1. The molecule has 0 atom stereocenters. The Balaban J connectivity index is 1.69. The van der Waals surface area contributed by atoms with E-state index in [9.17, 15) is 9.59 Å². The number of aryl methyl sites for hydroxylation is 3. The number of anilines is 1. The lowest BCUT2D eigenvalue weighted by atomic mass is 10.1. The Morgan fingerprint density at radius 1 is 0.750 bits per heavy atom. The molecule has 0 fully saturated rings. The predicted molar refractivity (Wildman–Crippen MR) is 113 cm³/mol. The minimum atomic E-state index is -0.231. The van der Waals surface area contributed by atoms with Crippen molar-refractivity contribution in [3.8, 4) is 0 Å². The van der Waals surface area contributed by atoms with E-state index in [4.69, 9.17) is 0 Å². The lowest BCUT2D eigenvalue weighted by Gasteiger charge is -2.12. The standard InChI is InChI=1S/C24H24N2O2/c1-16-10-12-19(13-11-16)15-25-23(27)20-8-5-9-21(14-20)24(28)26-22-17(2)6-4-7-18(22)3/h4-14H,15H2,1-3H3,(H,25,27)(H,26,28). The van der Waals surface area contributed by atoms with Crippen molar-refractivity contribution in [2.24, 2.45) is 0 Å². The number of carbonyl (C=O) groups is 2. The third-order valence-corrected chi connectivity index (χ3v) is 4.68. The molecule has 0 heterocycles. The van der Waals surface area contributed by atoms with Gasteiger partial charge in [0.2, 0.25) is 0 Å². The molecule has 0 spiro atoms. The maximum absolute atomic E-state index is 12.7. The van der Waals surface area contributed by atoms with Gasteiger partial charge in [-0.2, -0.15) is 0 Å². The van der Waals surface area contributed by atoms with Crippen molar-refractivity contribution < 1.29 is 9.59 Å². The van der Waals surface area contributed by atoms with Crippen LogP contribution in [0.4, 0.5) is 5.69 Å². The fraction of sp³-hybridized carbons (Fsp3) is 0.167. The summed E-state index contributed by atoms with van der Waals surface area (Å²) in [6.07, 6.45) is 0. The summed E-state index contributed by atoms with van der Waals surface area (Å²) in [6.45, 7) is 6.38. The van der Waals surface area contributed by atoms with E-state index in [0.717, 1.165) is 22.4 Å². The van der Waals surface area contributed by atoms with Crippen LogP contribution in [0.1, 0.15) is 43.0 Å². The lowest BCUT2D eigenvalue weighted by Crippen LogP contribution is -2.23. The van der Waals surface area contributed by atoms with Gasteiger partial charge >= 0.3 is 0 Å². The zero-order valence-corrected chi connectivity index (χ0v) is 16.4. The Labute approximate surface area is 165 Å². The van der Waals surface area contributed by atoms with E-state index in [0.29, 0.717) is 17.7 Å². The van der Waals surface area contributed by atoms with Gasteiger partial charge in [0.15, 0.2) is 0 Å². The van der Waals surface area contributed by atoms with E-state index in [2.05, 4.69) is 10.6 Å². The maximum Gasteiger partial charge on any atom is 0.255 e. The van der Waals surface area contributed by atoms with Gasteiger partial charge in [0.1, 0.15) is 0 Å². The highest BCUT2D eigenvalue weighted by Crippen LogP contribution is 2.20. The lowest BCUT2D eigenvalue weighted by molar-refractivity contribution is 0.0951. The third kappa shape index (κ3) is 4.65. The third-order valence-electron chi connectivity index (χ3n) is 4.68. The number of hydrogen-bond acceptors (Lipinski definition) is 2. The molecule has 0 saturated carbocycles. The van der Waals surface area contributed by atoms with E-state index in [1.807, 2.05) is 63.2 Å². The van der Waals surface area contributed by atoms with Crippen LogP contribution in [0, 0.1) is 20.8 Å². The largest absolute Gasteiger partial charge is 0.348 e. The maximum atomic E-state index is 12.7. The Kier molecular flexibility index (Phi) is 5.90. The smallest absolute Gasteiger partial charge is 0.255 e. The molecule has 3 aromatic carbocycles. The average Bonchev–Trinajstić information content (AvgIpc) is 2.70. The Morgan fingerprint density at radius 2 is 1.32 bits per heavy atom. The molecule has 0 radical (unpaired) electrons. The van der Waals surface area contributed by atoms with Gasteiger partial charge in [-0.3, -0.25) is 9.59 Å². The van der Waals surface area contributed by atoms with Crippen LogP contribution in [0.15, 0.2) is 66.7 Å². The summed E-state index contributed by atoms with van der Waals surface area (Å²) >= 11 is 0. The average molecular weight is 372 g/mol.